The van der Waals surface area contributed by atoms with E-state index in [0.29, 0.717) is 0 Å². The van der Waals surface area contributed by atoms with Gasteiger partial charge in [0.25, 0.3) is 0 Å². The molecule has 0 saturated carbocycles. The van der Waals surface area contributed by atoms with E-state index in [9.17, 15) is 0 Å². The number of nitrogens with one attached hydrogen (secondary N) is 1. The lowest BCUT2D eigenvalue weighted by Gasteiger charge is -1.93. The second kappa shape index (κ2) is 2.11. The molecule has 2 aliphatic heterocycles. The Bertz CT molecular complexity index is 318. The lowest BCUT2D eigenvalue weighted by Crippen LogP contribution is -1.95. The zero-order valence-electron chi connectivity index (χ0n) is 4.74. The first kappa shape index (κ1) is 5.96. The molecule has 50 valence electrons. The summed E-state index contributed by atoms with van der Waals surface area (Å²) in [5.74, 6) is 0. The van der Waals surface area contributed by atoms with Crippen molar-refractivity contribution in [3.63, 3.8) is 0 Å². The third-order valence-electron chi connectivity index (χ3n) is 1.10. The summed E-state index contributed by atoms with van der Waals surface area (Å²) in [6.07, 6.45) is 1.62. The zero-order valence-corrected chi connectivity index (χ0v) is 6.90. The van der Waals surface area contributed by atoms with Crippen LogP contribution in [0.5, 0.6) is 0 Å². The normalized spacial score (nSPS) is 10.5. The zero-order chi connectivity index (χ0) is 6.97. The van der Waals surface area contributed by atoms with Crippen molar-refractivity contribution in [2.24, 2.45) is 0 Å². The van der Waals surface area contributed by atoms with Gasteiger partial charge in [-0.1, -0.05) is 5.21 Å². The van der Waals surface area contributed by atoms with Gasteiger partial charge in [0.15, 0.2) is 3.70 Å². The lowest BCUT2D eigenvalue weighted by molar-refractivity contribution is 0.848. The van der Waals surface area contributed by atoms with Crippen molar-refractivity contribution in [1.82, 2.24) is 25.6 Å². The van der Waals surface area contributed by atoms with Gasteiger partial charge in [-0.2, -0.15) is 5.10 Å². The van der Waals surface area contributed by atoms with Gasteiger partial charge in [0.2, 0.25) is 0 Å². The van der Waals surface area contributed by atoms with Crippen LogP contribution in [0.15, 0.2) is 6.20 Å². The van der Waals surface area contributed by atoms with Gasteiger partial charge in [-0.25, -0.2) is 0 Å². The molecule has 0 spiro atoms. The van der Waals surface area contributed by atoms with Crippen molar-refractivity contribution in [1.29, 1.82) is 0 Å². The van der Waals surface area contributed by atoms with Crippen molar-refractivity contribution >= 4 is 22.6 Å². The second-order valence-electron chi connectivity index (χ2n) is 1.71. The van der Waals surface area contributed by atoms with E-state index >= 15 is 0 Å². The van der Waals surface area contributed by atoms with Crippen LogP contribution < -0.4 is 0 Å². The number of halogens is 1. The maximum atomic E-state index is 3.83. The SMILES string of the molecule is Ic1nn[nH]c2cnnc1-2. The van der Waals surface area contributed by atoms with Gasteiger partial charge in [-0.05, 0) is 22.6 Å². The Hall–Kier alpha value is -0.790. The number of aromatic nitrogens is 5. The Morgan fingerprint density at radius 2 is 2.30 bits per heavy atom. The summed E-state index contributed by atoms with van der Waals surface area (Å²) in [5.41, 5.74) is 1.59. The highest BCUT2D eigenvalue weighted by Crippen LogP contribution is 2.17. The smallest absolute Gasteiger partial charge is 0.155 e. The van der Waals surface area contributed by atoms with Gasteiger partial charge in [-0.3, -0.25) is 5.10 Å². The van der Waals surface area contributed by atoms with Crippen LogP contribution in [-0.2, 0) is 0 Å². The molecule has 0 fully saturated rings. The van der Waals surface area contributed by atoms with Gasteiger partial charge in [-0.15, -0.1) is 10.2 Å². The maximum absolute atomic E-state index is 3.83. The Morgan fingerprint density at radius 1 is 1.40 bits per heavy atom. The Kier molecular flexibility index (Phi) is 1.26. The molecular formula is C4H2IN5. The van der Waals surface area contributed by atoms with Crippen LogP contribution in [0.2, 0.25) is 0 Å². The maximum Gasteiger partial charge on any atom is 0.155 e. The first-order chi connectivity index (χ1) is 4.88. The highest BCUT2D eigenvalue weighted by Gasteiger charge is 2.09. The molecule has 10 heavy (non-hydrogen) atoms. The molecule has 0 aromatic carbocycles. The minimum Gasteiger partial charge on any atom is -0.256 e. The molecular weight excluding hydrogens is 245 g/mol. The van der Waals surface area contributed by atoms with Crippen LogP contribution >= 0.6 is 22.6 Å². The van der Waals surface area contributed by atoms with E-state index < -0.39 is 0 Å². The second-order valence-corrected chi connectivity index (χ2v) is 2.73. The Labute approximate surface area is 69.7 Å². The molecule has 0 saturated heterocycles. The summed E-state index contributed by atoms with van der Waals surface area (Å²) >= 11 is 2.06. The van der Waals surface area contributed by atoms with Gasteiger partial charge in [0.05, 0.1) is 6.20 Å². The van der Waals surface area contributed by atoms with E-state index in [2.05, 4.69) is 48.2 Å². The molecule has 1 N–H and O–H groups in total. The van der Waals surface area contributed by atoms with Gasteiger partial charge >= 0.3 is 0 Å². The predicted molar refractivity (Wildman–Crippen MR) is 41.3 cm³/mol. The summed E-state index contributed by atoms with van der Waals surface area (Å²) in [6.45, 7) is 0. The fourth-order valence-corrected chi connectivity index (χ4v) is 1.17. The average Bonchev–Trinajstić information content (AvgIpc) is 2.36. The van der Waals surface area contributed by atoms with Crippen molar-refractivity contribution in [2.75, 3.05) is 0 Å². The molecule has 0 bridgehead atoms. The van der Waals surface area contributed by atoms with Gasteiger partial charge in [0, 0.05) is 0 Å². The Balaban J connectivity index is 2.80. The van der Waals surface area contributed by atoms with E-state index in [1.54, 1.807) is 6.20 Å². The number of nitrogens with zero attached hydrogens (tertiary/aromatic N) is 4. The highest BCUT2D eigenvalue weighted by atomic mass is 127. The quantitative estimate of drug-likeness (QED) is 0.680. The van der Waals surface area contributed by atoms with Crippen LogP contribution in [-0.4, -0.2) is 25.6 Å². The van der Waals surface area contributed by atoms with E-state index in [0.717, 1.165) is 15.1 Å². The molecule has 0 aromatic rings. The highest BCUT2D eigenvalue weighted by molar-refractivity contribution is 14.1. The van der Waals surface area contributed by atoms with Crippen LogP contribution in [0, 0.1) is 3.70 Å². The fraction of sp³-hybridized carbons (Fsp3) is 0. The molecule has 0 aliphatic carbocycles. The monoisotopic (exact) mass is 247 g/mol. The summed E-state index contributed by atoms with van der Waals surface area (Å²) in [7, 11) is 0. The molecule has 0 atom stereocenters. The summed E-state index contributed by atoms with van der Waals surface area (Å²) in [4.78, 5) is 0. The van der Waals surface area contributed by atoms with Crippen LogP contribution in [0.25, 0.3) is 11.4 Å². The fourth-order valence-electron chi connectivity index (χ4n) is 0.664. The standard InChI is InChI=1S/C4H2IN5/c5-4-3-2(1-6-8-3)7-10-9-4/h1H,(H,7,9). The summed E-state index contributed by atoms with van der Waals surface area (Å²) in [6, 6.07) is 0. The Morgan fingerprint density at radius 3 is 3.10 bits per heavy atom. The molecule has 2 aliphatic rings. The van der Waals surface area contributed by atoms with Crippen LogP contribution in [0.1, 0.15) is 0 Å². The number of aromatic amines is 1. The lowest BCUT2D eigenvalue weighted by atomic mass is 10.4. The third-order valence-corrected chi connectivity index (χ3v) is 1.83. The minimum absolute atomic E-state index is 0.767. The summed E-state index contributed by atoms with van der Waals surface area (Å²) < 4.78 is 0.767. The topological polar surface area (TPSA) is 67.3 Å². The molecule has 0 radical (unpaired) electrons. The average molecular weight is 247 g/mol. The molecule has 0 unspecified atom stereocenters. The van der Waals surface area contributed by atoms with Crippen LogP contribution in [0.3, 0.4) is 0 Å². The number of hydrogen-bond donors (Lipinski definition) is 1. The van der Waals surface area contributed by atoms with Crippen molar-refractivity contribution in [2.45, 2.75) is 0 Å². The van der Waals surface area contributed by atoms with Gasteiger partial charge < -0.3 is 0 Å². The predicted octanol–water partition coefficient (Wildman–Crippen LogP) is 0.304. The van der Waals surface area contributed by atoms with E-state index in [-0.39, 0.29) is 0 Å². The number of rotatable bonds is 0. The first-order valence-corrected chi connectivity index (χ1v) is 3.64. The van der Waals surface area contributed by atoms with E-state index in [1.807, 2.05) is 0 Å². The summed E-state index contributed by atoms with van der Waals surface area (Å²) in [5, 5.41) is 17.6. The molecule has 0 aromatic heterocycles. The van der Waals surface area contributed by atoms with E-state index in [1.165, 1.54) is 0 Å². The largest absolute Gasteiger partial charge is 0.256 e. The molecule has 6 heteroatoms. The molecule has 2 rings (SSSR count). The molecule has 0 amide bonds. The van der Waals surface area contributed by atoms with E-state index in [4.69, 9.17) is 0 Å². The minimum atomic E-state index is 0.767. The number of H-pyrrole nitrogens is 1. The third kappa shape index (κ3) is 0.753. The van der Waals surface area contributed by atoms with Crippen LogP contribution in [0.4, 0.5) is 0 Å². The molecule has 2 heterocycles. The van der Waals surface area contributed by atoms with Crippen molar-refractivity contribution in [3.05, 3.63) is 9.90 Å². The first-order valence-electron chi connectivity index (χ1n) is 2.56. The van der Waals surface area contributed by atoms with Gasteiger partial charge in [0.1, 0.15) is 11.4 Å². The van der Waals surface area contributed by atoms with Crippen molar-refractivity contribution in [3.8, 4) is 11.4 Å². The molecule has 5 nitrogen and oxygen atoms in total. The number of hydrogen-bond acceptors (Lipinski definition) is 4. The number of fused-ring (bicyclic) bond motifs is 1. The van der Waals surface area contributed by atoms with Crippen molar-refractivity contribution < 1.29 is 0 Å².